The number of aromatic nitrogens is 3. The van der Waals surface area contributed by atoms with E-state index in [1.54, 1.807) is 0 Å². The van der Waals surface area contributed by atoms with Crippen LogP contribution in [0.3, 0.4) is 0 Å². The average Bonchev–Trinajstić information content (AvgIpc) is 3.83. The zero-order valence-corrected chi connectivity index (χ0v) is 26.3. The molecule has 2 aliphatic rings. The van der Waals surface area contributed by atoms with Gasteiger partial charge in [0.2, 0.25) is 0 Å². The molecule has 0 atom stereocenters. The normalized spacial score (nSPS) is 12.1. The fourth-order valence-corrected chi connectivity index (χ4v) is 7.94. The number of nitrogens with zero attached hydrogens (tertiary/aromatic N) is 3. The van der Waals surface area contributed by atoms with Crippen LogP contribution >= 0.6 is 0 Å². The van der Waals surface area contributed by atoms with Crippen LogP contribution in [0.5, 0.6) is 0 Å². The summed E-state index contributed by atoms with van der Waals surface area (Å²) in [6.45, 7) is 0. The Morgan fingerprint density at radius 1 is 0.429 bits per heavy atom. The van der Waals surface area contributed by atoms with E-state index in [1.807, 2.05) is 0 Å². The lowest BCUT2D eigenvalue weighted by atomic mass is 9.97. The maximum atomic E-state index is 6.52. The van der Waals surface area contributed by atoms with E-state index in [0.29, 0.717) is 0 Å². The van der Waals surface area contributed by atoms with Gasteiger partial charge in [-0.3, -0.25) is 4.57 Å². The van der Waals surface area contributed by atoms with Gasteiger partial charge < -0.3 is 8.98 Å². The van der Waals surface area contributed by atoms with Crippen LogP contribution in [0, 0.1) is 0 Å². The summed E-state index contributed by atoms with van der Waals surface area (Å²) in [5.74, 6) is 0.951. The maximum Gasteiger partial charge on any atom is 0.146 e. The Hall–Kier alpha value is -6.65. The summed E-state index contributed by atoms with van der Waals surface area (Å²) in [5.41, 5.74) is 11.9. The van der Waals surface area contributed by atoms with Gasteiger partial charge in [-0.15, -0.1) is 0 Å². The van der Waals surface area contributed by atoms with E-state index >= 15 is 0 Å². The summed E-state index contributed by atoms with van der Waals surface area (Å²) in [7, 11) is 0. The Labute approximate surface area is 281 Å². The summed E-state index contributed by atoms with van der Waals surface area (Å²) >= 11 is 0. The third-order valence-corrected chi connectivity index (χ3v) is 10.1. The molecule has 0 amide bonds. The largest absolute Gasteiger partial charge is 0.456 e. The Morgan fingerprint density at radius 2 is 1.20 bits per heavy atom. The van der Waals surface area contributed by atoms with Crippen molar-refractivity contribution >= 4 is 65.6 Å². The van der Waals surface area contributed by atoms with Crippen molar-refractivity contribution in [2.45, 2.75) is 0 Å². The topological polar surface area (TPSA) is 35.9 Å². The van der Waals surface area contributed by atoms with Crippen LogP contribution in [-0.2, 0) is 0 Å². The van der Waals surface area contributed by atoms with E-state index < -0.39 is 0 Å². The molecule has 11 rings (SSSR count). The molecule has 4 heterocycles. The van der Waals surface area contributed by atoms with Crippen molar-refractivity contribution in [1.29, 1.82) is 0 Å². The lowest BCUT2D eigenvalue weighted by molar-refractivity contribution is 0.669. The SMILES string of the molecule is c1ccc(-n2c3ccccc3c3cc(-c4cccc5oc6ccc(-n7c8nc9ccccc9c-8cc8ccccc87)cc6c45)ccc32)cc1. The van der Waals surface area contributed by atoms with Gasteiger partial charge >= 0.3 is 0 Å². The number of fused-ring (bicyclic) bond motifs is 10. The molecule has 9 aromatic rings. The van der Waals surface area contributed by atoms with E-state index in [9.17, 15) is 0 Å². The fourth-order valence-electron chi connectivity index (χ4n) is 7.94. The second kappa shape index (κ2) is 9.93. The molecular weight excluding hydrogens is 599 g/mol. The highest BCUT2D eigenvalue weighted by molar-refractivity contribution is 6.15. The molecule has 2 aliphatic heterocycles. The molecule has 0 radical (unpaired) electrons. The first kappa shape index (κ1) is 26.4. The predicted octanol–water partition coefficient (Wildman–Crippen LogP) is 11.9. The average molecular weight is 626 g/mol. The Bertz CT molecular complexity index is 3050. The minimum atomic E-state index is 0.866. The van der Waals surface area contributed by atoms with E-state index in [0.717, 1.165) is 72.2 Å². The minimum absolute atomic E-state index is 0.866. The quantitative estimate of drug-likeness (QED) is 0.196. The maximum absolute atomic E-state index is 6.52. The summed E-state index contributed by atoms with van der Waals surface area (Å²) < 4.78 is 11.2. The molecule has 7 aromatic carbocycles. The number of hydrogen-bond donors (Lipinski definition) is 0. The lowest BCUT2D eigenvalue weighted by Gasteiger charge is -2.16. The molecule has 0 saturated carbocycles. The molecule has 0 aliphatic carbocycles. The van der Waals surface area contributed by atoms with Gasteiger partial charge in [0.05, 0.1) is 22.1 Å². The van der Waals surface area contributed by atoms with Gasteiger partial charge in [0.1, 0.15) is 17.0 Å². The second-order valence-electron chi connectivity index (χ2n) is 12.8. The fraction of sp³-hybridized carbons (Fsp3) is 0. The van der Waals surface area contributed by atoms with Crippen LogP contribution in [0.2, 0.25) is 0 Å². The number of rotatable bonds is 3. The van der Waals surface area contributed by atoms with Crippen molar-refractivity contribution in [3.8, 4) is 33.9 Å². The van der Waals surface area contributed by atoms with Crippen LogP contribution in [0.4, 0.5) is 0 Å². The summed E-state index contributed by atoms with van der Waals surface area (Å²) in [4.78, 5) is 5.15. The molecule has 228 valence electrons. The van der Waals surface area contributed by atoms with Gasteiger partial charge in [-0.05, 0) is 89.3 Å². The van der Waals surface area contributed by atoms with Crippen LogP contribution in [0.25, 0.3) is 99.4 Å². The molecule has 2 aromatic heterocycles. The zero-order valence-electron chi connectivity index (χ0n) is 26.3. The van der Waals surface area contributed by atoms with Gasteiger partial charge in [0, 0.05) is 43.9 Å². The van der Waals surface area contributed by atoms with Crippen molar-refractivity contribution in [2.24, 2.45) is 0 Å². The summed E-state index contributed by atoms with van der Waals surface area (Å²) in [6.07, 6.45) is 0. The number of benzene rings is 7. The Balaban J connectivity index is 1.16. The van der Waals surface area contributed by atoms with E-state index in [2.05, 4.69) is 173 Å². The smallest absolute Gasteiger partial charge is 0.146 e. The summed E-state index contributed by atoms with van der Waals surface area (Å²) in [5, 5.41) is 7.00. The zero-order chi connectivity index (χ0) is 32.1. The van der Waals surface area contributed by atoms with Crippen molar-refractivity contribution in [1.82, 2.24) is 14.1 Å². The van der Waals surface area contributed by atoms with E-state index in [1.165, 1.54) is 27.2 Å². The first-order valence-corrected chi connectivity index (χ1v) is 16.6. The van der Waals surface area contributed by atoms with E-state index in [-0.39, 0.29) is 0 Å². The molecule has 0 fully saturated rings. The van der Waals surface area contributed by atoms with Crippen LogP contribution in [-0.4, -0.2) is 14.1 Å². The monoisotopic (exact) mass is 625 g/mol. The van der Waals surface area contributed by atoms with Gasteiger partial charge in [-0.1, -0.05) is 91.0 Å². The molecule has 4 heteroatoms. The lowest BCUT2D eigenvalue weighted by Crippen LogP contribution is -2.03. The van der Waals surface area contributed by atoms with Crippen molar-refractivity contribution in [3.05, 3.63) is 164 Å². The van der Waals surface area contributed by atoms with Crippen LogP contribution in [0.1, 0.15) is 0 Å². The number of pyridine rings is 1. The van der Waals surface area contributed by atoms with Crippen molar-refractivity contribution < 1.29 is 4.42 Å². The number of furan rings is 1. The van der Waals surface area contributed by atoms with Crippen LogP contribution in [0.15, 0.2) is 168 Å². The molecule has 0 N–H and O–H groups in total. The minimum Gasteiger partial charge on any atom is -0.456 e. The molecule has 4 nitrogen and oxygen atoms in total. The number of hydrogen-bond acceptors (Lipinski definition) is 2. The molecule has 0 spiro atoms. The highest BCUT2D eigenvalue weighted by atomic mass is 16.3. The highest BCUT2D eigenvalue weighted by Crippen LogP contribution is 2.42. The first-order chi connectivity index (χ1) is 24.3. The molecular formula is C45H27N3O. The van der Waals surface area contributed by atoms with Gasteiger partial charge in [0.15, 0.2) is 0 Å². The predicted molar refractivity (Wildman–Crippen MR) is 202 cm³/mol. The van der Waals surface area contributed by atoms with Gasteiger partial charge in [-0.2, -0.15) is 0 Å². The molecule has 0 bridgehead atoms. The Morgan fingerprint density at radius 3 is 2.12 bits per heavy atom. The second-order valence-corrected chi connectivity index (χ2v) is 12.8. The van der Waals surface area contributed by atoms with Crippen LogP contribution < -0.4 is 0 Å². The highest BCUT2D eigenvalue weighted by Gasteiger charge is 2.21. The van der Waals surface area contributed by atoms with Gasteiger partial charge in [-0.25, -0.2) is 4.98 Å². The van der Waals surface area contributed by atoms with Crippen molar-refractivity contribution in [3.63, 3.8) is 0 Å². The number of para-hydroxylation sites is 4. The molecule has 0 unspecified atom stereocenters. The standard InChI is InChI=1S/C45H27N3O/c1-2-12-30(13-3-1)47-40-19-9-6-15-34(40)35-25-28(21-23-41(35)47)32-16-10-20-43-44(32)37-27-31(22-24-42(37)49-43)48-39-18-8-4-11-29(39)26-36-33-14-5-7-17-38(33)46-45(36)48/h1-27H. The molecule has 0 saturated heterocycles. The third kappa shape index (κ3) is 3.77. The first-order valence-electron chi connectivity index (χ1n) is 16.6. The van der Waals surface area contributed by atoms with Crippen molar-refractivity contribution in [2.75, 3.05) is 0 Å². The molecule has 49 heavy (non-hydrogen) atoms. The Kier molecular flexibility index (Phi) is 5.35. The third-order valence-electron chi connectivity index (χ3n) is 10.1. The van der Waals surface area contributed by atoms with E-state index in [4.69, 9.17) is 9.40 Å². The van der Waals surface area contributed by atoms with Gasteiger partial charge in [0.25, 0.3) is 0 Å². The summed E-state index contributed by atoms with van der Waals surface area (Å²) in [6, 6.07) is 58.3.